The van der Waals surface area contributed by atoms with Crippen molar-refractivity contribution in [3.8, 4) is 0 Å². The number of urea groups is 1. The van der Waals surface area contributed by atoms with Crippen LogP contribution < -0.4 is 10.6 Å². The number of amides is 3. The number of hydrogen-bond donors (Lipinski definition) is 3. The zero-order valence-corrected chi connectivity index (χ0v) is 12.8. The fourth-order valence-corrected chi connectivity index (χ4v) is 1.59. The van der Waals surface area contributed by atoms with Crippen LogP contribution in [0.2, 0.25) is 0 Å². The van der Waals surface area contributed by atoms with Crippen LogP contribution in [-0.2, 0) is 9.59 Å². The van der Waals surface area contributed by atoms with Crippen LogP contribution >= 0.6 is 0 Å². The summed E-state index contributed by atoms with van der Waals surface area (Å²) in [6.45, 7) is 7.50. The van der Waals surface area contributed by atoms with E-state index in [4.69, 9.17) is 5.11 Å². The van der Waals surface area contributed by atoms with E-state index >= 15 is 0 Å². The third-order valence-electron chi connectivity index (χ3n) is 3.11. The lowest BCUT2D eigenvalue weighted by Crippen LogP contribution is -2.49. The summed E-state index contributed by atoms with van der Waals surface area (Å²) in [6, 6.07) is -0.363. The van der Waals surface area contributed by atoms with Crippen LogP contribution in [0.3, 0.4) is 0 Å². The summed E-state index contributed by atoms with van der Waals surface area (Å²) < 4.78 is 0. The van der Waals surface area contributed by atoms with Crippen molar-refractivity contribution in [3.63, 3.8) is 0 Å². The van der Waals surface area contributed by atoms with E-state index in [0.29, 0.717) is 6.54 Å². The molecule has 0 bridgehead atoms. The van der Waals surface area contributed by atoms with Gasteiger partial charge in [0, 0.05) is 26.7 Å². The van der Waals surface area contributed by atoms with Crippen molar-refractivity contribution in [1.29, 1.82) is 0 Å². The molecule has 20 heavy (non-hydrogen) atoms. The van der Waals surface area contributed by atoms with Crippen molar-refractivity contribution in [2.24, 2.45) is 11.3 Å². The summed E-state index contributed by atoms with van der Waals surface area (Å²) in [7, 11) is 1.54. The SMILES string of the molecule is CCN(CC(C)C(=O)O)C(=O)NCC(C)(C)C(=O)NC. The van der Waals surface area contributed by atoms with E-state index in [1.165, 1.54) is 4.90 Å². The highest BCUT2D eigenvalue weighted by Gasteiger charge is 2.28. The number of carbonyl (C=O) groups is 3. The number of rotatable bonds is 7. The van der Waals surface area contributed by atoms with Crippen LogP contribution in [0.1, 0.15) is 27.7 Å². The molecule has 0 aliphatic carbocycles. The topological polar surface area (TPSA) is 98.7 Å². The first kappa shape index (κ1) is 18.2. The van der Waals surface area contributed by atoms with E-state index in [1.807, 2.05) is 0 Å². The summed E-state index contributed by atoms with van der Waals surface area (Å²) >= 11 is 0. The van der Waals surface area contributed by atoms with Gasteiger partial charge < -0.3 is 20.6 Å². The fourth-order valence-electron chi connectivity index (χ4n) is 1.59. The van der Waals surface area contributed by atoms with Crippen LogP contribution in [0.25, 0.3) is 0 Å². The number of hydrogen-bond acceptors (Lipinski definition) is 3. The molecule has 3 amide bonds. The summed E-state index contributed by atoms with van der Waals surface area (Å²) in [4.78, 5) is 35.8. The molecule has 7 heteroatoms. The average molecular weight is 287 g/mol. The average Bonchev–Trinajstić information content (AvgIpc) is 2.40. The Balaban J connectivity index is 4.50. The van der Waals surface area contributed by atoms with Gasteiger partial charge in [0.2, 0.25) is 5.91 Å². The Morgan fingerprint density at radius 2 is 1.85 bits per heavy atom. The van der Waals surface area contributed by atoms with Crippen molar-refractivity contribution >= 4 is 17.9 Å². The molecule has 0 aromatic rings. The van der Waals surface area contributed by atoms with E-state index in [2.05, 4.69) is 10.6 Å². The van der Waals surface area contributed by atoms with Crippen molar-refractivity contribution in [1.82, 2.24) is 15.5 Å². The Bertz CT molecular complexity index is 369. The van der Waals surface area contributed by atoms with Crippen molar-refractivity contribution in [2.75, 3.05) is 26.7 Å². The number of aliphatic carboxylic acids is 1. The molecule has 1 unspecified atom stereocenters. The van der Waals surface area contributed by atoms with Crippen LogP contribution in [-0.4, -0.2) is 54.6 Å². The molecule has 0 saturated heterocycles. The zero-order chi connectivity index (χ0) is 15.9. The van der Waals surface area contributed by atoms with Crippen LogP contribution in [0.5, 0.6) is 0 Å². The van der Waals surface area contributed by atoms with Gasteiger partial charge in [-0.1, -0.05) is 6.92 Å². The largest absolute Gasteiger partial charge is 0.481 e. The maximum atomic E-state index is 12.0. The van der Waals surface area contributed by atoms with Crippen molar-refractivity contribution < 1.29 is 19.5 Å². The van der Waals surface area contributed by atoms with Gasteiger partial charge in [0.05, 0.1) is 11.3 Å². The minimum atomic E-state index is -0.943. The lowest BCUT2D eigenvalue weighted by atomic mass is 9.92. The van der Waals surface area contributed by atoms with Gasteiger partial charge in [-0.2, -0.15) is 0 Å². The van der Waals surface area contributed by atoms with E-state index in [0.717, 1.165) is 0 Å². The third kappa shape index (κ3) is 5.46. The number of nitrogens with zero attached hydrogens (tertiary/aromatic N) is 1. The number of carboxylic acids is 1. The van der Waals surface area contributed by atoms with E-state index in [-0.39, 0.29) is 25.0 Å². The first-order valence-corrected chi connectivity index (χ1v) is 6.63. The van der Waals surface area contributed by atoms with Gasteiger partial charge in [-0.25, -0.2) is 4.79 Å². The maximum Gasteiger partial charge on any atom is 0.317 e. The van der Waals surface area contributed by atoms with Gasteiger partial charge in [-0.05, 0) is 20.8 Å². The fraction of sp³-hybridized carbons (Fsp3) is 0.769. The molecule has 0 heterocycles. The summed E-state index contributed by atoms with van der Waals surface area (Å²) in [5.41, 5.74) is -0.720. The second kappa shape index (κ2) is 7.72. The van der Waals surface area contributed by atoms with Gasteiger partial charge in [0.15, 0.2) is 0 Å². The van der Waals surface area contributed by atoms with E-state index in [9.17, 15) is 14.4 Å². The van der Waals surface area contributed by atoms with Gasteiger partial charge >= 0.3 is 12.0 Å². The Morgan fingerprint density at radius 1 is 1.30 bits per heavy atom. The lowest BCUT2D eigenvalue weighted by molar-refractivity contribution is -0.141. The summed E-state index contributed by atoms with van der Waals surface area (Å²) in [5.74, 6) is -1.74. The maximum absolute atomic E-state index is 12.0. The predicted octanol–water partition coefficient (Wildman–Crippen LogP) is 0.511. The smallest absolute Gasteiger partial charge is 0.317 e. The summed E-state index contributed by atoms with van der Waals surface area (Å²) in [6.07, 6.45) is 0. The molecule has 7 nitrogen and oxygen atoms in total. The monoisotopic (exact) mass is 287 g/mol. The van der Waals surface area contributed by atoms with Crippen LogP contribution in [0.15, 0.2) is 0 Å². The molecule has 0 radical (unpaired) electrons. The minimum Gasteiger partial charge on any atom is -0.481 e. The summed E-state index contributed by atoms with van der Waals surface area (Å²) in [5, 5.41) is 14.1. The molecule has 116 valence electrons. The molecule has 0 rings (SSSR count). The minimum absolute atomic E-state index is 0.137. The Kier molecular flexibility index (Phi) is 7.02. The highest BCUT2D eigenvalue weighted by atomic mass is 16.4. The molecule has 0 fully saturated rings. The molecule has 3 N–H and O–H groups in total. The number of carbonyl (C=O) groups excluding carboxylic acids is 2. The Hall–Kier alpha value is -1.79. The first-order valence-electron chi connectivity index (χ1n) is 6.63. The van der Waals surface area contributed by atoms with Crippen molar-refractivity contribution in [2.45, 2.75) is 27.7 Å². The first-order chi connectivity index (χ1) is 9.15. The molecule has 0 saturated carbocycles. The highest BCUT2D eigenvalue weighted by molar-refractivity contribution is 5.83. The second-order valence-corrected chi connectivity index (χ2v) is 5.40. The Labute approximate surface area is 119 Å². The lowest BCUT2D eigenvalue weighted by Gasteiger charge is -2.27. The van der Waals surface area contributed by atoms with Crippen molar-refractivity contribution in [3.05, 3.63) is 0 Å². The predicted molar refractivity (Wildman–Crippen MR) is 75.3 cm³/mol. The zero-order valence-electron chi connectivity index (χ0n) is 12.8. The van der Waals surface area contributed by atoms with E-state index < -0.39 is 17.3 Å². The number of carboxylic acid groups (broad SMARTS) is 1. The molecule has 0 aromatic heterocycles. The van der Waals surface area contributed by atoms with E-state index in [1.54, 1.807) is 34.7 Å². The third-order valence-corrected chi connectivity index (χ3v) is 3.11. The quantitative estimate of drug-likeness (QED) is 0.635. The normalized spacial score (nSPS) is 12.4. The molecule has 1 atom stereocenters. The molecular weight excluding hydrogens is 262 g/mol. The molecule has 0 aliphatic rings. The van der Waals surface area contributed by atoms with Gasteiger partial charge in [0.25, 0.3) is 0 Å². The standard InChI is InChI=1S/C13H25N3O4/c1-6-16(7-9(2)10(17)18)12(20)15-8-13(3,4)11(19)14-5/h9H,6-8H2,1-5H3,(H,14,19)(H,15,20)(H,17,18). The van der Waals surface area contributed by atoms with Gasteiger partial charge in [-0.3, -0.25) is 9.59 Å². The molecule has 0 aromatic carbocycles. The van der Waals surface area contributed by atoms with Crippen LogP contribution in [0, 0.1) is 11.3 Å². The Morgan fingerprint density at radius 3 is 2.25 bits per heavy atom. The second-order valence-electron chi connectivity index (χ2n) is 5.40. The molecular formula is C13H25N3O4. The van der Waals surface area contributed by atoms with Gasteiger partial charge in [-0.15, -0.1) is 0 Å². The number of nitrogens with one attached hydrogen (secondary N) is 2. The highest BCUT2D eigenvalue weighted by Crippen LogP contribution is 2.13. The molecule has 0 aliphatic heterocycles. The van der Waals surface area contributed by atoms with Gasteiger partial charge in [0.1, 0.15) is 0 Å². The van der Waals surface area contributed by atoms with Crippen LogP contribution in [0.4, 0.5) is 4.79 Å². The molecule has 0 spiro atoms.